The van der Waals surface area contributed by atoms with Gasteiger partial charge in [0.25, 0.3) is 0 Å². The summed E-state index contributed by atoms with van der Waals surface area (Å²) in [5, 5.41) is 7.75. The molecule has 18 heavy (non-hydrogen) atoms. The molecule has 0 fully saturated rings. The number of hydrogen-bond acceptors (Lipinski definition) is 3. The zero-order valence-electron chi connectivity index (χ0n) is 9.85. The number of amides is 1. The molecule has 0 unspecified atom stereocenters. The van der Waals surface area contributed by atoms with Crippen molar-refractivity contribution in [2.24, 2.45) is 12.8 Å². The van der Waals surface area contributed by atoms with Gasteiger partial charge in [-0.05, 0) is 17.7 Å². The highest BCUT2D eigenvalue weighted by molar-refractivity contribution is 6.31. The average molecular weight is 265 g/mol. The van der Waals surface area contributed by atoms with Gasteiger partial charge in [-0.3, -0.25) is 9.48 Å². The molecule has 3 N–H and O–H groups in total. The molecule has 0 aliphatic heterocycles. The van der Waals surface area contributed by atoms with E-state index in [0.717, 1.165) is 11.3 Å². The minimum absolute atomic E-state index is 0.408. The minimum Gasteiger partial charge on any atom is -0.378 e. The van der Waals surface area contributed by atoms with Crippen LogP contribution in [0.1, 0.15) is 15.9 Å². The van der Waals surface area contributed by atoms with E-state index in [2.05, 4.69) is 10.4 Å². The number of halogens is 1. The van der Waals surface area contributed by atoms with Gasteiger partial charge in [0.05, 0.1) is 11.9 Å². The highest BCUT2D eigenvalue weighted by Gasteiger charge is 2.05. The molecule has 5 nitrogen and oxygen atoms in total. The molecule has 94 valence electrons. The molecule has 2 aromatic rings. The number of hydrogen-bond donors (Lipinski definition) is 2. The van der Waals surface area contributed by atoms with E-state index in [1.807, 2.05) is 13.2 Å². The highest BCUT2D eigenvalue weighted by atomic mass is 35.5. The first kappa shape index (κ1) is 12.4. The van der Waals surface area contributed by atoms with Crippen LogP contribution in [0.3, 0.4) is 0 Å². The number of benzene rings is 1. The summed E-state index contributed by atoms with van der Waals surface area (Å²) in [4.78, 5) is 11.0. The molecule has 0 saturated heterocycles. The standard InChI is InChI=1S/C12H13ClN4O/c1-17-7-10(6-16-17)15-5-9-3-2-8(12(14)18)4-11(9)13/h2-4,6-7,15H,5H2,1H3,(H2,14,18). The Morgan fingerprint density at radius 3 is 2.89 bits per heavy atom. The second-order valence-corrected chi connectivity index (χ2v) is 4.33. The lowest BCUT2D eigenvalue weighted by atomic mass is 10.1. The maximum Gasteiger partial charge on any atom is 0.248 e. The first-order valence-electron chi connectivity index (χ1n) is 5.37. The van der Waals surface area contributed by atoms with E-state index >= 15 is 0 Å². The molecule has 2 rings (SSSR count). The number of carbonyl (C=O) groups is 1. The average Bonchev–Trinajstić information content (AvgIpc) is 2.73. The van der Waals surface area contributed by atoms with E-state index in [1.54, 1.807) is 29.1 Å². The van der Waals surface area contributed by atoms with Crippen LogP contribution in [-0.4, -0.2) is 15.7 Å². The maximum absolute atomic E-state index is 11.0. The monoisotopic (exact) mass is 264 g/mol. The summed E-state index contributed by atoms with van der Waals surface area (Å²) in [5.74, 6) is -0.483. The Morgan fingerprint density at radius 1 is 1.56 bits per heavy atom. The van der Waals surface area contributed by atoms with Crippen LogP contribution in [0.2, 0.25) is 5.02 Å². The predicted octanol–water partition coefficient (Wildman–Crippen LogP) is 1.78. The summed E-state index contributed by atoms with van der Waals surface area (Å²) >= 11 is 6.08. The summed E-state index contributed by atoms with van der Waals surface area (Å²) in [7, 11) is 1.85. The second-order valence-electron chi connectivity index (χ2n) is 3.93. The van der Waals surface area contributed by atoms with Crippen molar-refractivity contribution in [3.8, 4) is 0 Å². The Hall–Kier alpha value is -2.01. The van der Waals surface area contributed by atoms with E-state index in [1.165, 1.54) is 0 Å². The van der Waals surface area contributed by atoms with Gasteiger partial charge in [-0.2, -0.15) is 5.10 Å². The zero-order chi connectivity index (χ0) is 13.1. The number of nitrogens with one attached hydrogen (secondary N) is 1. The Bertz CT molecular complexity index is 579. The first-order valence-corrected chi connectivity index (χ1v) is 5.75. The van der Waals surface area contributed by atoms with Crippen LogP contribution in [0.4, 0.5) is 5.69 Å². The summed E-state index contributed by atoms with van der Waals surface area (Å²) in [6.45, 7) is 0.559. The summed E-state index contributed by atoms with van der Waals surface area (Å²) < 4.78 is 1.71. The summed E-state index contributed by atoms with van der Waals surface area (Å²) in [6.07, 6.45) is 3.59. The molecule has 0 bridgehead atoms. The lowest BCUT2D eigenvalue weighted by Crippen LogP contribution is -2.11. The van der Waals surface area contributed by atoms with Gasteiger partial charge in [-0.25, -0.2) is 0 Å². The summed E-state index contributed by atoms with van der Waals surface area (Å²) in [5.41, 5.74) is 7.39. The van der Waals surface area contributed by atoms with Crippen LogP contribution in [0.25, 0.3) is 0 Å². The van der Waals surface area contributed by atoms with E-state index in [4.69, 9.17) is 17.3 Å². The quantitative estimate of drug-likeness (QED) is 0.884. The van der Waals surface area contributed by atoms with Gasteiger partial charge in [0.1, 0.15) is 0 Å². The molecule has 6 heteroatoms. The molecule has 0 spiro atoms. The van der Waals surface area contributed by atoms with Crippen molar-refractivity contribution >= 4 is 23.2 Å². The highest BCUT2D eigenvalue weighted by Crippen LogP contribution is 2.19. The third kappa shape index (κ3) is 2.81. The number of nitrogens with zero attached hydrogens (tertiary/aromatic N) is 2. The van der Waals surface area contributed by atoms with Gasteiger partial charge in [0.2, 0.25) is 5.91 Å². The van der Waals surface area contributed by atoms with E-state index in [-0.39, 0.29) is 0 Å². The normalized spacial score (nSPS) is 10.3. The van der Waals surface area contributed by atoms with E-state index in [0.29, 0.717) is 17.1 Å². The largest absolute Gasteiger partial charge is 0.378 e. The maximum atomic E-state index is 11.0. The molecule has 0 aliphatic carbocycles. The van der Waals surface area contributed by atoms with Gasteiger partial charge in [-0.15, -0.1) is 0 Å². The Morgan fingerprint density at radius 2 is 2.33 bits per heavy atom. The van der Waals surface area contributed by atoms with Crippen LogP contribution in [0.5, 0.6) is 0 Å². The molecule has 1 amide bonds. The van der Waals surface area contributed by atoms with Crippen LogP contribution < -0.4 is 11.1 Å². The van der Waals surface area contributed by atoms with E-state index < -0.39 is 5.91 Å². The number of aryl methyl sites for hydroxylation is 1. The minimum atomic E-state index is -0.483. The topological polar surface area (TPSA) is 72.9 Å². The molecule has 0 radical (unpaired) electrons. The lowest BCUT2D eigenvalue weighted by molar-refractivity contribution is 0.100. The molecular formula is C12H13ClN4O. The first-order chi connectivity index (χ1) is 8.56. The Balaban J connectivity index is 2.08. The lowest BCUT2D eigenvalue weighted by Gasteiger charge is -2.07. The molecule has 0 aliphatic rings. The van der Waals surface area contributed by atoms with Crippen molar-refractivity contribution in [2.75, 3.05) is 5.32 Å². The fourth-order valence-corrected chi connectivity index (χ4v) is 1.80. The number of primary amides is 1. The van der Waals surface area contributed by atoms with Crippen LogP contribution >= 0.6 is 11.6 Å². The Kier molecular flexibility index (Phi) is 3.53. The van der Waals surface area contributed by atoms with Crippen molar-refractivity contribution in [1.29, 1.82) is 0 Å². The molecule has 1 aromatic carbocycles. The van der Waals surface area contributed by atoms with Gasteiger partial charge in [-0.1, -0.05) is 17.7 Å². The predicted molar refractivity (Wildman–Crippen MR) is 70.5 cm³/mol. The number of nitrogens with two attached hydrogens (primary N) is 1. The van der Waals surface area contributed by atoms with Crippen molar-refractivity contribution in [1.82, 2.24) is 9.78 Å². The number of carbonyl (C=O) groups excluding carboxylic acids is 1. The van der Waals surface area contributed by atoms with Crippen molar-refractivity contribution in [2.45, 2.75) is 6.54 Å². The van der Waals surface area contributed by atoms with Gasteiger partial charge in [0, 0.05) is 30.4 Å². The third-order valence-corrected chi connectivity index (χ3v) is 2.88. The molecule has 1 aromatic heterocycles. The second kappa shape index (κ2) is 5.10. The molecule has 0 atom stereocenters. The smallest absolute Gasteiger partial charge is 0.248 e. The number of rotatable bonds is 4. The van der Waals surface area contributed by atoms with Crippen LogP contribution in [0.15, 0.2) is 30.6 Å². The van der Waals surface area contributed by atoms with E-state index in [9.17, 15) is 4.79 Å². The fourth-order valence-electron chi connectivity index (χ4n) is 1.55. The fraction of sp³-hybridized carbons (Fsp3) is 0.167. The Labute approximate surface area is 110 Å². The van der Waals surface area contributed by atoms with Gasteiger partial charge in [0.15, 0.2) is 0 Å². The molecule has 1 heterocycles. The van der Waals surface area contributed by atoms with Crippen molar-refractivity contribution in [3.05, 3.63) is 46.7 Å². The van der Waals surface area contributed by atoms with Crippen molar-refractivity contribution < 1.29 is 4.79 Å². The number of aromatic nitrogens is 2. The number of anilines is 1. The van der Waals surface area contributed by atoms with Crippen LogP contribution in [0, 0.1) is 0 Å². The SMILES string of the molecule is Cn1cc(NCc2ccc(C(N)=O)cc2Cl)cn1. The van der Waals surface area contributed by atoms with Gasteiger partial charge >= 0.3 is 0 Å². The zero-order valence-corrected chi connectivity index (χ0v) is 10.6. The van der Waals surface area contributed by atoms with Crippen LogP contribution in [-0.2, 0) is 13.6 Å². The third-order valence-electron chi connectivity index (χ3n) is 2.53. The van der Waals surface area contributed by atoms with Crippen molar-refractivity contribution in [3.63, 3.8) is 0 Å². The molecular weight excluding hydrogens is 252 g/mol. The summed E-state index contributed by atoms with van der Waals surface area (Å²) in [6, 6.07) is 5.02. The molecule has 0 saturated carbocycles. The van der Waals surface area contributed by atoms with Gasteiger partial charge < -0.3 is 11.1 Å².